The first-order valence-electron chi connectivity index (χ1n) is 16.3. The van der Waals surface area contributed by atoms with Crippen LogP contribution in [0, 0.1) is 22.7 Å². The molecule has 9 aromatic rings. The Morgan fingerprint density at radius 1 is 0.388 bits per heavy atom. The minimum atomic E-state index is 0.621. The highest BCUT2D eigenvalue weighted by molar-refractivity contribution is 6.22. The standard InChI is InChI=1S/C46H27N3/c47-28-30-24-25-43-41(26-30)35-17-8-9-23-42(35)49(43)34-16-10-14-32(27-34)44-33(29-48)15-11-22-40(44)46-38-20-6-4-18-36(38)45(31-12-2-1-3-13-31)37-19-5-7-21-39(37)46/h1-27H. The highest BCUT2D eigenvalue weighted by Gasteiger charge is 2.21. The zero-order chi connectivity index (χ0) is 32.9. The van der Waals surface area contributed by atoms with Crippen LogP contribution in [0.4, 0.5) is 0 Å². The molecule has 1 heterocycles. The zero-order valence-corrected chi connectivity index (χ0v) is 26.4. The second-order valence-corrected chi connectivity index (χ2v) is 12.3. The summed E-state index contributed by atoms with van der Waals surface area (Å²) in [6.07, 6.45) is 0. The van der Waals surface area contributed by atoms with Gasteiger partial charge in [0.1, 0.15) is 0 Å². The van der Waals surface area contributed by atoms with Crippen LogP contribution in [0.25, 0.3) is 82.4 Å². The molecular formula is C46H27N3. The average molecular weight is 622 g/mol. The number of nitrogens with zero attached hydrogens (tertiary/aromatic N) is 3. The minimum Gasteiger partial charge on any atom is -0.309 e. The lowest BCUT2D eigenvalue weighted by molar-refractivity contribution is 1.18. The van der Waals surface area contributed by atoms with E-state index in [1.54, 1.807) is 0 Å². The molecule has 0 aliphatic rings. The maximum Gasteiger partial charge on any atom is 0.0998 e. The molecule has 49 heavy (non-hydrogen) atoms. The first-order valence-corrected chi connectivity index (χ1v) is 16.3. The number of para-hydroxylation sites is 1. The Kier molecular flexibility index (Phi) is 6.58. The molecule has 0 saturated heterocycles. The Morgan fingerprint density at radius 3 is 1.67 bits per heavy atom. The van der Waals surface area contributed by atoms with Crippen LogP contribution in [-0.2, 0) is 0 Å². The smallest absolute Gasteiger partial charge is 0.0998 e. The van der Waals surface area contributed by atoms with Gasteiger partial charge in [-0.05, 0) is 91.8 Å². The predicted molar refractivity (Wildman–Crippen MR) is 202 cm³/mol. The number of aromatic nitrogens is 1. The average Bonchev–Trinajstić information content (AvgIpc) is 3.50. The van der Waals surface area contributed by atoms with E-state index in [1.165, 1.54) is 21.9 Å². The number of benzene rings is 8. The predicted octanol–water partition coefficient (Wildman–Crippen LogP) is 11.8. The van der Waals surface area contributed by atoms with Crippen molar-refractivity contribution < 1.29 is 0 Å². The summed E-state index contributed by atoms with van der Waals surface area (Å²) < 4.78 is 2.25. The van der Waals surface area contributed by atoms with Crippen molar-refractivity contribution >= 4 is 43.4 Å². The van der Waals surface area contributed by atoms with Crippen molar-refractivity contribution in [2.24, 2.45) is 0 Å². The summed E-state index contributed by atoms with van der Waals surface area (Å²) in [5.74, 6) is 0. The number of hydrogen-bond acceptors (Lipinski definition) is 2. The van der Waals surface area contributed by atoms with Crippen LogP contribution in [0.3, 0.4) is 0 Å². The van der Waals surface area contributed by atoms with Crippen LogP contribution in [-0.4, -0.2) is 4.57 Å². The first-order chi connectivity index (χ1) is 24.2. The largest absolute Gasteiger partial charge is 0.309 e. The summed E-state index contributed by atoms with van der Waals surface area (Å²) in [7, 11) is 0. The fourth-order valence-corrected chi connectivity index (χ4v) is 7.62. The minimum absolute atomic E-state index is 0.621. The lowest BCUT2D eigenvalue weighted by Crippen LogP contribution is -1.97. The van der Waals surface area contributed by atoms with Gasteiger partial charge in [0.25, 0.3) is 0 Å². The molecule has 3 heteroatoms. The fourth-order valence-electron chi connectivity index (χ4n) is 7.62. The van der Waals surface area contributed by atoms with Crippen molar-refractivity contribution in [3.8, 4) is 51.2 Å². The zero-order valence-electron chi connectivity index (χ0n) is 26.4. The van der Waals surface area contributed by atoms with Gasteiger partial charge >= 0.3 is 0 Å². The quantitative estimate of drug-likeness (QED) is 0.184. The summed E-state index contributed by atoms with van der Waals surface area (Å²) in [6.45, 7) is 0. The lowest BCUT2D eigenvalue weighted by atomic mass is 9.83. The second kappa shape index (κ2) is 11.4. The SMILES string of the molecule is N#Cc1ccc2c(c1)c1ccccc1n2-c1cccc(-c2c(C#N)cccc2-c2c3ccccc3c(-c3ccccc3)c3ccccc23)c1. The molecule has 0 atom stereocenters. The molecular weight excluding hydrogens is 595 g/mol. The van der Waals surface area contributed by atoms with E-state index in [-0.39, 0.29) is 0 Å². The van der Waals surface area contributed by atoms with Gasteiger partial charge in [-0.25, -0.2) is 0 Å². The number of rotatable bonds is 4. The molecule has 0 radical (unpaired) electrons. The van der Waals surface area contributed by atoms with Gasteiger partial charge in [-0.15, -0.1) is 0 Å². The van der Waals surface area contributed by atoms with Crippen molar-refractivity contribution in [1.82, 2.24) is 4.57 Å². The highest BCUT2D eigenvalue weighted by Crippen LogP contribution is 2.47. The van der Waals surface area contributed by atoms with Crippen molar-refractivity contribution in [3.63, 3.8) is 0 Å². The molecule has 226 valence electrons. The number of fused-ring (bicyclic) bond motifs is 5. The van der Waals surface area contributed by atoms with Gasteiger partial charge in [-0.3, -0.25) is 0 Å². The van der Waals surface area contributed by atoms with E-state index in [1.807, 2.05) is 42.5 Å². The van der Waals surface area contributed by atoms with E-state index in [0.717, 1.165) is 60.5 Å². The molecule has 0 aliphatic heterocycles. The maximum atomic E-state index is 10.6. The van der Waals surface area contributed by atoms with Gasteiger partial charge < -0.3 is 4.57 Å². The van der Waals surface area contributed by atoms with Crippen molar-refractivity contribution in [2.75, 3.05) is 0 Å². The summed E-state index contributed by atoms with van der Waals surface area (Å²) in [5.41, 5.74) is 10.7. The van der Waals surface area contributed by atoms with E-state index in [9.17, 15) is 10.5 Å². The number of nitriles is 2. The summed E-state index contributed by atoms with van der Waals surface area (Å²) in [6, 6.07) is 61.4. The number of hydrogen-bond donors (Lipinski definition) is 0. The Morgan fingerprint density at radius 2 is 0.980 bits per heavy atom. The first kappa shape index (κ1) is 28.3. The van der Waals surface area contributed by atoms with Gasteiger partial charge in [-0.1, -0.05) is 121 Å². The summed E-state index contributed by atoms with van der Waals surface area (Å²) in [4.78, 5) is 0. The Hall–Kier alpha value is -6.94. The molecule has 0 spiro atoms. The van der Waals surface area contributed by atoms with Crippen LogP contribution in [0.5, 0.6) is 0 Å². The van der Waals surface area contributed by atoms with Crippen LogP contribution >= 0.6 is 0 Å². The Labute approximate surface area is 283 Å². The van der Waals surface area contributed by atoms with Gasteiger partial charge in [0.15, 0.2) is 0 Å². The van der Waals surface area contributed by atoms with Crippen LogP contribution < -0.4 is 0 Å². The molecule has 0 aliphatic carbocycles. The van der Waals surface area contributed by atoms with E-state index in [4.69, 9.17) is 0 Å². The van der Waals surface area contributed by atoms with E-state index < -0.39 is 0 Å². The van der Waals surface area contributed by atoms with Crippen molar-refractivity contribution in [1.29, 1.82) is 10.5 Å². The molecule has 9 rings (SSSR count). The normalized spacial score (nSPS) is 11.2. The van der Waals surface area contributed by atoms with Gasteiger partial charge in [-0.2, -0.15) is 10.5 Å². The summed E-state index contributed by atoms with van der Waals surface area (Å²) in [5, 5.41) is 27.0. The van der Waals surface area contributed by atoms with Crippen molar-refractivity contribution in [3.05, 3.63) is 175 Å². The molecule has 1 aromatic heterocycles. The van der Waals surface area contributed by atoms with Crippen LogP contribution in [0.1, 0.15) is 11.1 Å². The second-order valence-electron chi connectivity index (χ2n) is 12.3. The van der Waals surface area contributed by atoms with Gasteiger partial charge in [0.05, 0.1) is 34.3 Å². The third-order valence-corrected chi connectivity index (χ3v) is 9.64. The van der Waals surface area contributed by atoms with E-state index >= 15 is 0 Å². The third kappa shape index (κ3) is 4.42. The fraction of sp³-hybridized carbons (Fsp3) is 0. The molecule has 0 saturated carbocycles. The molecule has 0 bridgehead atoms. The van der Waals surface area contributed by atoms with E-state index in [2.05, 4.69) is 138 Å². The molecule has 0 unspecified atom stereocenters. The molecule has 8 aromatic carbocycles. The molecule has 0 N–H and O–H groups in total. The topological polar surface area (TPSA) is 52.5 Å². The van der Waals surface area contributed by atoms with E-state index in [0.29, 0.717) is 11.1 Å². The van der Waals surface area contributed by atoms with Crippen LogP contribution in [0.2, 0.25) is 0 Å². The van der Waals surface area contributed by atoms with Gasteiger partial charge in [0.2, 0.25) is 0 Å². The summed E-state index contributed by atoms with van der Waals surface area (Å²) >= 11 is 0. The lowest BCUT2D eigenvalue weighted by Gasteiger charge is -2.20. The van der Waals surface area contributed by atoms with Crippen LogP contribution in [0.15, 0.2) is 164 Å². The van der Waals surface area contributed by atoms with Gasteiger partial charge in [0, 0.05) is 22.0 Å². The maximum absolute atomic E-state index is 10.6. The Bertz CT molecular complexity index is 2790. The highest BCUT2D eigenvalue weighted by atomic mass is 15.0. The monoisotopic (exact) mass is 621 g/mol. The van der Waals surface area contributed by atoms with Crippen molar-refractivity contribution in [2.45, 2.75) is 0 Å². The molecule has 0 amide bonds. The Balaban J connectivity index is 1.34. The third-order valence-electron chi connectivity index (χ3n) is 9.64. The molecule has 0 fully saturated rings. The molecule has 3 nitrogen and oxygen atoms in total.